The molecule has 2 aromatic rings. The molecule has 1 unspecified atom stereocenters. The molecule has 0 radical (unpaired) electrons. The molecule has 0 saturated heterocycles. The van der Waals surface area contributed by atoms with E-state index in [0.717, 1.165) is 6.42 Å². The van der Waals surface area contributed by atoms with Crippen molar-refractivity contribution in [2.75, 3.05) is 5.32 Å². The van der Waals surface area contributed by atoms with Crippen LogP contribution in [0.5, 0.6) is 5.75 Å². The molecule has 2 nitrogen and oxygen atoms in total. The Morgan fingerprint density at radius 1 is 1.41 bits per heavy atom. The third kappa shape index (κ3) is 2.77. The van der Waals surface area contributed by atoms with E-state index in [4.69, 9.17) is 5.11 Å². The molecular weight excluding hydrogens is 237 g/mol. The van der Waals surface area contributed by atoms with Gasteiger partial charge in [0.1, 0.15) is 0 Å². The van der Waals surface area contributed by atoms with Crippen LogP contribution in [0.2, 0.25) is 0 Å². The Morgan fingerprint density at radius 3 is 2.82 bits per heavy atom. The van der Waals surface area contributed by atoms with Gasteiger partial charge < -0.3 is 10.4 Å². The van der Waals surface area contributed by atoms with Gasteiger partial charge in [-0.2, -0.15) is 0 Å². The minimum Gasteiger partial charge on any atom is -0.505 e. The van der Waals surface area contributed by atoms with Gasteiger partial charge in [0.15, 0.2) is 11.6 Å². The van der Waals surface area contributed by atoms with Crippen molar-refractivity contribution in [2.24, 2.45) is 0 Å². The Labute approximate surface area is 104 Å². The maximum Gasteiger partial charge on any atom is 0.166 e. The van der Waals surface area contributed by atoms with Gasteiger partial charge in [-0.05, 0) is 30.0 Å². The summed E-state index contributed by atoms with van der Waals surface area (Å²) in [7, 11) is 0. The standard InChI is InChI=1S/C13H14FNOS/c1-2-11(13-4-3-7-17-13)15-9-5-6-12(16)10(14)8-9/h3-8,11,15-16H,2H2,1H3. The molecule has 1 aromatic carbocycles. The number of aromatic hydroxyl groups is 1. The number of halogens is 1. The van der Waals surface area contributed by atoms with E-state index in [9.17, 15) is 4.39 Å². The second-order valence-corrected chi connectivity index (χ2v) is 4.77. The van der Waals surface area contributed by atoms with Gasteiger partial charge in [0, 0.05) is 16.6 Å². The average molecular weight is 251 g/mol. The Morgan fingerprint density at radius 2 is 2.24 bits per heavy atom. The topological polar surface area (TPSA) is 32.3 Å². The summed E-state index contributed by atoms with van der Waals surface area (Å²) in [4.78, 5) is 1.22. The number of benzene rings is 1. The lowest BCUT2D eigenvalue weighted by molar-refractivity contribution is 0.432. The lowest BCUT2D eigenvalue weighted by Gasteiger charge is -2.17. The van der Waals surface area contributed by atoms with Crippen molar-refractivity contribution in [3.8, 4) is 5.75 Å². The van der Waals surface area contributed by atoms with Crippen LogP contribution in [0.25, 0.3) is 0 Å². The number of phenols is 1. The highest BCUT2D eigenvalue weighted by Gasteiger charge is 2.11. The SMILES string of the molecule is CCC(Nc1ccc(O)c(F)c1)c1cccs1. The first-order valence-corrected chi connectivity index (χ1v) is 6.37. The number of phenolic OH excluding ortho intramolecular Hbond substituents is 1. The fraction of sp³-hybridized carbons (Fsp3) is 0.231. The van der Waals surface area contributed by atoms with E-state index in [1.165, 1.54) is 17.0 Å². The number of hydrogen-bond acceptors (Lipinski definition) is 3. The van der Waals surface area contributed by atoms with Crippen molar-refractivity contribution in [2.45, 2.75) is 19.4 Å². The third-order valence-corrected chi connectivity index (χ3v) is 3.57. The molecule has 0 aliphatic heterocycles. The second-order valence-electron chi connectivity index (χ2n) is 3.79. The largest absolute Gasteiger partial charge is 0.505 e. The summed E-state index contributed by atoms with van der Waals surface area (Å²) >= 11 is 1.68. The average Bonchev–Trinajstić information content (AvgIpc) is 2.84. The quantitative estimate of drug-likeness (QED) is 0.800. The molecule has 0 spiro atoms. The molecule has 0 fully saturated rings. The monoisotopic (exact) mass is 251 g/mol. The first kappa shape index (κ1) is 11.9. The van der Waals surface area contributed by atoms with Crippen molar-refractivity contribution >= 4 is 17.0 Å². The van der Waals surface area contributed by atoms with Crippen LogP contribution in [0.15, 0.2) is 35.7 Å². The Kier molecular flexibility index (Phi) is 3.64. The molecule has 2 rings (SSSR count). The van der Waals surface area contributed by atoms with Crippen LogP contribution >= 0.6 is 11.3 Å². The van der Waals surface area contributed by atoms with Crippen LogP contribution in [0.1, 0.15) is 24.3 Å². The summed E-state index contributed by atoms with van der Waals surface area (Å²) in [6.07, 6.45) is 0.920. The Hall–Kier alpha value is -1.55. The lowest BCUT2D eigenvalue weighted by atomic mass is 10.1. The molecular formula is C13H14FNOS. The van der Waals surface area contributed by atoms with Gasteiger partial charge in [-0.3, -0.25) is 0 Å². The lowest BCUT2D eigenvalue weighted by Crippen LogP contribution is -2.08. The predicted octanol–water partition coefficient (Wildman–Crippen LogP) is 4.16. The van der Waals surface area contributed by atoms with Crippen LogP contribution in [-0.2, 0) is 0 Å². The van der Waals surface area contributed by atoms with E-state index in [0.29, 0.717) is 5.69 Å². The third-order valence-electron chi connectivity index (χ3n) is 2.58. The highest BCUT2D eigenvalue weighted by atomic mass is 32.1. The molecule has 1 atom stereocenters. The zero-order valence-corrected chi connectivity index (χ0v) is 10.3. The van der Waals surface area contributed by atoms with Crippen LogP contribution in [-0.4, -0.2) is 5.11 Å². The van der Waals surface area contributed by atoms with Gasteiger partial charge in [-0.15, -0.1) is 11.3 Å². The highest BCUT2D eigenvalue weighted by Crippen LogP contribution is 2.27. The Bertz CT molecular complexity index is 484. The summed E-state index contributed by atoms with van der Waals surface area (Å²) < 4.78 is 13.2. The Balaban J connectivity index is 2.16. The van der Waals surface area contributed by atoms with E-state index in [2.05, 4.69) is 18.3 Å². The van der Waals surface area contributed by atoms with Crippen LogP contribution in [0.3, 0.4) is 0 Å². The summed E-state index contributed by atoms with van der Waals surface area (Å²) in [5.74, 6) is -0.921. The van der Waals surface area contributed by atoms with Crippen molar-refractivity contribution in [3.05, 3.63) is 46.4 Å². The predicted molar refractivity (Wildman–Crippen MR) is 69.0 cm³/mol. The summed E-state index contributed by atoms with van der Waals surface area (Å²) in [5.41, 5.74) is 0.681. The maximum atomic E-state index is 13.2. The molecule has 1 heterocycles. The molecule has 1 aromatic heterocycles. The van der Waals surface area contributed by atoms with E-state index in [1.54, 1.807) is 17.4 Å². The van der Waals surface area contributed by atoms with Gasteiger partial charge in [0.2, 0.25) is 0 Å². The van der Waals surface area contributed by atoms with Gasteiger partial charge in [-0.25, -0.2) is 4.39 Å². The summed E-state index contributed by atoms with van der Waals surface area (Å²) in [6, 6.07) is 8.59. The molecule has 0 bridgehead atoms. The summed E-state index contributed by atoms with van der Waals surface area (Å²) in [6.45, 7) is 2.08. The molecule has 17 heavy (non-hydrogen) atoms. The smallest absolute Gasteiger partial charge is 0.166 e. The molecule has 0 saturated carbocycles. The van der Waals surface area contributed by atoms with E-state index in [1.807, 2.05) is 11.4 Å². The van der Waals surface area contributed by atoms with Crippen molar-refractivity contribution in [1.29, 1.82) is 0 Å². The van der Waals surface area contributed by atoms with E-state index in [-0.39, 0.29) is 11.8 Å². The molecule has 0 aliphatic rings. The first-order chi connectivity index (χ1) is 8.20. The number of rotatable bonds is 4. The fourth-order valence-electron chi connectivity index (χ4n) is 1.66. The summed E-state index contributed by atoms with van der Waals surface area (Å²) in [5, 5.41) is 14.4. The minimum atomic E-state index is -0.601. The molecule has 4 heteroatoms. The first-order valence-electron chi connectivity index (χ1n) is 5.49. The fourth-order valence-corrected chi connectivity index (χ4v) is 2.52. The zero-order valence-electron chi connectivity index (χ0n) is 9.48. The van der Waals surface area contributed by atoms with Gasteiger partial charge in [0.05, 0.1) is 6.04 Å². The molecule has 90 valence electrons. The van der Waals surface area contributed by atoms with E-state index < -0.39 is 5.82 Å². The van der Waals surface area contributed by atoms with Crippen molar-refractivity contribution in [3.63, 3.8) is 0 Å². The maximum absolute atomic E-state index is 13.2. The number of anilines is 1. The second kappa shape index (κ2) is 5.19. The van der Waals surface area contributed by atoms with E-state index >= 15 is 0 Å². The number of nitrogens with one attached hydrogen (secondary N) is 1. The van der Waals surface area contributed by atoms with Crippen LogP contribution < -0.4 is 5.32 Å². The molecule has 2 N–H and O–H groups in total. The molecule has 0 aliphatic carbocycles. The normalized spacial score (nSPS) is 12.4. The zero-order chi connectivity index (χ0) is 12.3. The van der Waals surface area contributed by atoms with Gasteiger partial charge in [0.25, 0.3) is 0 Å². The highest BCUT2D eigenvalue weighted by molar-refractivity contribution is 7.10. The number of thiophene rings is 1. The molecule has 0 amide bonds. The van der Waals surface area contributed by atoms with Gasteiger partial charge in [-0.1, -0.05) is 13.0 Å². The van der Waals surface area contributed by atoms with Crippen LogP contribution in [0, 0.1) is 5.82 Å². The van der Waals surface area contributed by atoms with Crippen molar-refractivity contribution in [1.82, 2.24) is 0 Å². The van der Waals surface area contributed by atoms with Crippen molar-refractivity contribution < 1.29 is 9.50 Å². The van der Waals surface area contributed by atoms with Gasteiger partial charge >= 0.3 is 0 Å². The number of hydrogen-bond donors (Lipinski definition) is 2. The minimum absolute atomic E-state index is 0.180. The van der Waals surface area contributed by atoms with Crippen LogP contribution in [0.4, 0.5) is 10.1 Å².